The van der Waals surface area contributed by atoms with Crippen molar-refractivity contribution in [2.75, 3.05) is 11.9 Å². The van der Waals surface area contributed by atoms with Crippen molar-refractivity contribution in [3.05, 3.63) is 42.5 Å². The van der Waals surface area contributed by atoms with Gasteiger partial charge in [-0.2, -0.15) is 0 Å². The fraction of sp³-hybridized carbons (Fsp3) is 0.267. The molecule has 1 atom stereocenters. The lowest BCUT2D eigenvalue weighted by molar-refractivity contribution is -0.137. The number of aliphatic hydroxyl groups excluding tert-OH is 1. The molecule has 0 fully saturated rings. The second-order valence-electron chi connectivity index (χ2n) is 4.49. The van der Waals surface area contributed by atoms with E-state index in [2.05, 4.69) is 5.32 Å². The lowest BCUT2D eigenvalue weighted by atomic mass is 10.1. The van der Waals surface area contributed by atoms with Crippen molar-refractivity contribution >= 4 is 22.4 Å². The van der Waals surface area contributed by atoms with Gasteiger partial charge in [-0.05, 0) is 17.9 Å². The van der Waals surface area contributed by atoms with Crippen LogP contribution in [-0.2, 0) is 4.79 Å². The van der Waals surface area contributed by atoms with Crippen LogP contribution in [0, 0.1) is 0 Å². The van der Waals surface area contributed by atoms with Crippen LogP contribution in [0.5, 0.6) is 0 Å². The molecule has 0 spiro atoms. The Hall–Kier alpha value is -2.07. The third-order valence-electron chi connectivity index (χ3n) is 3.01. The molecule has 19 heavy (non-hydrogen) atoms. The Balaban J connectivity index is 2.00. The molecule has 0 aromatic heterocycles. The molecule has 0 aliphatic heterocycles. The molecule has 0 bridgehead atoms. The lowest BCUT2D eigenvalue weighted by Crippen LogP contribution is -2.20. The van der Waals surface area contributed by atoms with Gasteiger partial charge in [0.15, 0.2) is 0 Å². The average Bonchev–Trinajstić information content (AvgIpc) is 2.42. The van der Waals surface area contributed by atoms with E-state index < -0.39 is 12.1 Å². The van der Waals surface area contributed by atoms with Crippen molar-refractivity contribution in [1.82, 2.24) is 0 Å². The second-order valence-corrected chi connectivity index (χ2v) is 4.49. The van der Waals surface area contributed by atoms with Gasteiger partial charge in [0.1, 0.15) is 0 Å². The molecule has 0 aliphatic rings. The minimum atomic E-state index is -0.885. The second kappa shape index (κ2) is 6.20. The van der Waals surface area contributed by atoms with Gasteiger partial charge in [0, 0.05) is 24.0 Å². The fourth-order valence-corrected chi connectivity index (χ4v) is 2.00. The SMILES string of the molecule is O=C(O)CCC(O)CNc1cccc2ccccc12. The van der Waals surface area contributed by atoms with Gasteiger partial charge >= 0.3 is 5.97 Å². The molecule has 3 N–H and O–H groups in total. The summed E-state index contributed by atoms with van der Waals surface area (Å²) in [6, 6.07) is 13.9. The fourth-order valence-electron chi connectivity index (χ4n) is 2.00. The number of aliphatic carboxylic acids is 1. The molecule has 2 rings (SSSR count). The van der Waals surface area contributed by atoms with Gasteiger partial charge < -0.3 is 15.5 Å². The molecular formula is C15H17NO3. The first-order valence-corrected chi connectivity index (χ1v) is 6.28. The largest absolute Gasteiger partial charge is 0.481 e. The molecule has 4 heteroatoms. The minimum Gasteiger partial charge on any atom is -0.481 e. The minimum absolute atomic E-state index is 0.0155. The highest BCUT2D eigenvalue weighted by Gasteiger charge is 2.07. The third kappa shape index (κ3) is 3.69. The van der Waals surface area contributed by atoms with Crippen molar-refractivity contribution in [2.24, 2.45) is 0 Å². The van der Waals surface area contributed by atoms with Crippen molar-refractivity contribution in [2.45, 2.75) is 18.9 Å². The van der Waals surface area contributed by atoms with Crippen LogP contribution < -0.4 is 5.32 Å². The van der Waals surface area contributed by atoms with E-state index in [1.165, 1.54) is 0 Å². The van der Waals surface area contributed by atoms with Gasteiger partial charge in [-0.15, -0.1) is 0 Å². The maximum atomic E-state index is 10.4. The first-order chi connectivity index (χ1) is 9.16. The molecular weight excluding hydrogens is 242 g/mol. The Morgan fingerprint density at radius 3 is 2.68 bits per heavy atom. The van der Waals surface area contributed by atoms with E-state index in [0.29, 0.717) is 6.54 Å². The van der Waals surface area contributed by atoms with Crippen LogP contribution in [0.25, 0.3) is 10.8 Å². The van der Waals surface area contributed by atoms with Gasteiger partial charge in [-0.3, -0.25) is 4.79 Å². The number of nitrogens with one attached hydrogen (secondary N) is 1. The number of aliphatic hydroxyl groups is 1. The highest BCUT2D eigenvalue weighted by molar-refractivity contribution is 5.93. The van der Waals surface area contributed by atoms with Gasteiger partial charge in [0.05, 0.1) is 6.10 Å². The van der Waals surface area contributed by atoms with E-state index in [1.54, 1.807) is 0 Å². The number of fused-ring (bicyclic) bond motifs is 1. The molecule has 0 radical (unpaired) electrons. The van der Waals surface area contributed by atoms with Crippen LogP contribution >= 0.6 is 0 Å². The summed E-state index contributed by atoms with van der Waals surface area (Å²) in [4.78, 5) is 10.4. The number of carboxylic acids is 1. The van der Waals surface area contributed by atoms with Crippen LogP contribution in [-0.4, -0.2) is 28.8 Å². The maximum absolute atomic E-state index is 10.4. The van der Waals surface area contributed by atoms with Gasteiger partial charge in [-0.1, -0.05) is 36.4 Å². The summed E-state index contributed by atoms with van der Waals surface area (Å²) < 4.78 is 0. The zero-order valence-electron chi connectivity index (χ0n) is 10.5. The molecule has 1 unspecified atom stereocenters. The number of rotatable bonds is 6. The molecule has 4 nitrogen and oxygen atoms in total. The number of hydrogen-bond donors (Lipinski definition) is 3. The highest BCUT2D eigenvalue weighted by atomic mass is 16.4. The Morgan fingerprint density at radius 2 is 1.89 bits per heavy atom. The molecule has 0 saturated heterocycles. The van der Waals surface area contributed by atoms with Crippen molar-refractivity contribution in [1.29, 1.82) is 0 Å². The number of carboxylic acid groups (broad SMARTS) is 1. The van der Waals surface area contributed by atoms with Gasteiger partial charge in [0.2, 0.25) is 0 Å². The smallest absolute Gasteiger partial charge is 0.303 e. The summed E-state index contributed by atoms with van der Waals surface area (Å²) in [5, 5.41) is 23.7. The number of anilines is 1. The first-order valence-electron chi connectivity index (χ1n) is 6.28. The Kier molecular flexibility index (Phi) is 4.36. The van der Waals surface area contributed by atoms with Crippen LogP contribution in [0.1, 0.15) is 12.8 Å². The van der Waals surface area contributed by atoms with Gasteiger partial charge in [0.25, 0.3) is 0 Å². The first kappa shape index (κ1) is 13.4. The van der Waals surface area contributed by atoms with E-state index in [-0.39, 0.29) is 12.8 Å². The summed E-state index contributed by atoms with van der Waals surface area (Å²) in [5.41, 5.74) is 0.951. The zero-order valence-corrected chi connectivity index (χ0v) is 10.5. The van der Waals surface area contributed by atoms with Crippen molar-refractivity contribution in [3.63, 3.8) is 0 Å². The van der Waals surface area contributed by atoms with E-state index in [4.69, 9.17) is 5.11 Å². The van der Waals surface area contributed by atoms with Crippen LogP contribution in [0.2, 0.25) is 0 Å². The third-order valence-corrected chi connectivity index (χ3v) is 3.01. The summed E-state index contributed by atoms with van der Waals surface area (Å²) >= 11 is 0. The maximum Gasteiger partial charge on any atom is 0.303 e. The Bertz CT molecular complexity index is 563. The number of hydrogen-bond acceptors (Lipinski definition) is 3. The predicted octanol–water partition coefficient (Wildman–Crippen LogP) is 2.48. The van der Waals surface area contributed by atoms with Crippen molar-refractivity contribution < 1.29 is 15.0 Å². The van der Waals surface area contributed by atoms with Crippen LogP contribution in [0.15, 0.2) is 42.5 Å². The molecule has 0 amide bonds. The summed E-state index contributed by atoms with van der Waals surface area (Å²) in [6.45, 7) is 0.348. The standard InChI is InChI=1S/C15H17NO3/c17-12(8-9-15(18)19)10-16-14-7-3-5-11-4-1-2-6-13(11)14/h1-7,12,16-17H,8-10H2,(H,18,19). The molecule has 0 aliphatic carbocycles. The number of carbonyl (C=O) groups is 1. The molecule has 100 valence electrons. The Morgan fingerprint density at radius 1 is 1.16 bits per heavy atom. The topological polar surface area (TPSA) is 69.6 Å². The van der Waals surface area contributed by atoms with E-state index in [9.17, 15) is 9.90 Å². The quantitative estimate of drug-likeness (QED) is 0.745. The lowest BCUT2D eigenvalue weighted by Gasteiger charge is -2.13. The molecule has 2 aromatic carbocycles. The highest BCUT2D eigenvalue weighted by Crippen LogP contribution is 2.22. The summed E-state index contributed by atoms with van der Waals surface area (Å²) in [6.07, 6.45) is -0.416. The van der Waals surface area contributed by atoms with Gasteiger partial charge in [-0.25, -0.2) is 0 Å². The van der Waals surface area contributed by atoms with E-state index in [1.807, 2.05) is 42.5 Å². The van der Waals surface area contributed by atoms with Crippen molar-refractivity contribution in [3.8, 4) is 0 Å². The zero-order chi connectivity index (χ0) is 13.7. The molecule has 0 heterocycles. The predicted molar refractivity (Wildman–Crippen MR) is 75.3 cm³/mol. The molecule has 2 aromatic rings. The Labute approximate surface area is 111 Å². The normalized spacial score (nSPS) is 12.3. The average molecular weight is 259 g/mol. The molecule has 0 saturated carbocycles. The van der Waals surface area contributed by atoms with E-state index in [0.717, 1.165) is 16.5 Å². The number of benzene rings is 2. The summed E-state index contributed by atoms with van der Waals surface area (Å²) in [5.74, 6) is -0.885. The van der Waals surface area contributed by atoms with Crippen LogP contribution in [0.4, 0.5) is 5.69 Å². The van der Waals surface area contributed by atoms with E-state index >= 15 is 0 Å². The monoisotopic (exact) mass is 259 g/mol. The summed E-state index contributed by atoms with van der Waals surface area (Å²) in [7, 11) is 0. The van der Waals surface area contributed by atoms with Crippen LogP contribution in [0.3, 0.4) is 0 Å².